The first-order valence-electron chi connectivity index (χ1n) is 9.19. The summed E-state index contributed by atoms with van der Waals surface area (Å²) in [6, 6.07) is 12.0. The highest BCUT2D eigenvalue weighted by Crippen LogP contribution is 2.31. The van der Waals surface area contributed by atoms with Crippen molar-refractivity contribution in [3.05, 3.63) is 63.7 Å². The van der Waals surface area contributed by atoms with Gasteiger partial charge in [0.25, 0.3) is 11.6 Å². The summed E-state index contributed by atoms with van der Waals surface area (Å²) in [6.45, 7) is 1.76. The maximum absolute atomic E-state index is 12.3. The summed E-state index contributed by atoms with van der Waals surface area (Å²) >= 11 is 0. The van der Waals surface area contributed by atoms with E-state index >= 15 is 0 Å². The Balaban J connectivity index is 1.61. The molecular weight excluding hydrogens is 360 g/mol. The van der Waals surface area contributed by atoms with Crippen molar-refractivity contribution in [3.63, 3.8) is 0 Å². The maximum atomic E-state index is 12.3. The number of nitrogens with one attached hydrogen (secondary N) is 3. The largest absolute Gasteiger partial charge is 0.377 e. The zero-order chi connectivity index (χ0) is 20.1. The van der Waals surface area contributed by atoms with Gasteiger partial charge in [0.05, 0.1) is 11.5 Å². The van der Waals surface area contributed by atoms with Gasteiger partial charge in [0, 0.05) is 23.4 Å². The summed E-state index contributed by atoms with van der Waals surface area (Å²) < 4.78 is 0. The van der Waals surface area contributed by atoms with E-state index < -0.39 is 10.8 Å². The van der Waals surface area contributed by atoms with Crippen LogP contribution in [-0.2, 0) is 11.2 Å². The average Bonchev–Trinajstić information content (AvgIpc) is 3.50. The molecule has 28 heavy (non-hydrogen) atoms. The minimum atomic E-state index is -0.542. The van der Waals surface area contributed by atoms with Crippen molar-refractivity contribution in [2.24, 2.45) is 0 Å². The van der Waals surface area contributed by atoms with Crippen LogP contribution in [0.1, 0.15) is 35.7 Å². The van der Waals surface area contributed by atoms with Crippen LogP contribution >= 0.6 is 0 Å². The van der Waals surface area contributed by atoms with Gasteiger partial charge in [0.15, 0.2) is 0 Å². The summed E-state index contributed by atoms with van der Waals surface area (Å²) in [6.07, 6.45) is 2.74. The van der Waals surface area contributed by atoms with Gasteiger partial charge in [0.1, 0.15) is 5.69 Å². The van der Waals surface area contributed by atoms with E-state index in [0.717, 1.165) is 24.8 Å². The molecule has 0 unspecified atom stereocenters. The summed E-state index contributed by atoms with van der Waals surface area (Å²) in [7, 11) is 0. The molecule has 0 aromatic heterocycles. The second kappa shape index (κ2) is 8.51. The number of carbonyl (C=O) groups is 2. The zero-order valence-corrected chi connectivity index (χ0v) is 15.5. The molecule has 0 saturated heterocycles. The summed E-state index contributed by atoms with van der Waals surface area (Å²) in [5.74, 6) is -0.907. The number of benzene rings is 2. The molecule has 2 aromatic carbocycles. The quantitative estimate of drug-likeness (QED) is 0.480. The van der Waals surface area contributed by atoms with Gasteiger partial charge in [-0.05, 0) is 43.0 Å². The molecule has 0 heterocycles. The highest BCUT2D eigenvalue weighted by atomic mass is 16.6. The van der Waals surface area contributed by atoms with Crippen molar-refractivity contribution in [2.75, 3.05) is 17.2 Å². The average molecular weight is 382 g/mol. The minimum Gasteiger partial charge on any atom is -0.377 e. The van der Waals surface area contributed by atoms with Crippen LogP contribution in [-0.4, -0.2) is 29.3 Å². The summed E-state index contributed by atoms with van der Waals surface area (Å²) in [4.78, 5) is 35.2. The van der Waals surface area contributed by atoms with Crippen LogP contribution in [0.15, 0.2) is 42.5 Å². The first-order valence-corrected chi connectivity index (χ1v) is 9.19. The van der Waals surface area contributed by atoms with Gasteiger partial charge in [-0.3, -0.25) is 19.7 Å². The van der Waals surface area contributed by atoms with E-state index in [0.29, 0.717) is 11.4 Å². The Labute approximate surface area is 162 Å². The van der Waals surface area contributed by atoms with E-state index in [4.69, 9.17) is 0 Å². The molecule has 8 nitrogen and oxygen atoms in total. The Morgan fingerprint density at radius 3 is 2.57 bits per heavy atom. The van der Waals surface area contributed by atoms with Crippen LogP contribution in [0.2, 0.25) is 0 Å². The van der Waals surface area contributed by atoms with Gasteiger partial charge >= 0.3 is 0 Å². The number of rotatable bonds is 8. The fourth-order valence-electron chi connectivity index (χ4n) is 2.80. The highest BCUT2D eigenvalue weighted by Gasteiger charge is 2.25. The maximum Gasteiger partial charge on any atom is 0.293 e. The lowest BCUT2D eigenvalue weighted by Gasteiger charge is -2.11. The van der Waals surface area contributed by atoms with E-state index in [1.807, 2.05) is 25.1 Å². The molecule has 0 spiro atoms. The lowest BCUT2D eigenvalue weighted by atomic mass is 10.1. The van der Waals surface area contributed by atoms with Crippen molar-refractivity contribution in [3.8, 4) is 0 Å². The second-order valence-corrected chi connectivity index (χ2v) is 6.65. The molecule has 3 rings (SSSR count). The predicted molar refractivity (Wildman–Crippen MR) is 107 cm³/mol. The van der Waals surface area contributed by atoms with E-state index in [9.17, 15) is 19.7 Å². The molecule has 3 N–H and O–H groups in total. The number of nitro groups is 1. The fourth-order valence-corrected chi connectivity index (χ4v) is 2.80. The van der Waals surface area contributed by atoms with Crippen LogP contribution in [0.3, 0.4) is 0 Å². The molecule has 1 aliphatic rings. The first-order chi connectivity index (χ1) is 13.5. The van der Waals surface area contributed by atoms with Crippen molar-refractivity contribution >= 4 is 28.9 Å². The fraction of sp³-hybridized carbons (Fsp3) is 0.300. The number of nitrogens with zero attached hydrogens (tertiary/aromatic N) is 1. The van der Waals surface area contributed by atoms with Crippen molar-refractivity contribution < 1.29 is 14.5 Å². The summed E-state index contributed by atoms with van der Waals surface area (Å²) in [5, 5.41) is 19.6. The minimum absolute atomic E-state index is 0.134. The van der Waals surface area contributed by atoms with Crippen LogP contribution in [0, 0.1) is 10.1 Å². The second-order valence-electron chi connectivity index (χ2n) is 6.65. The highest BCUT2D eigenvalue weighted by molar-refractivity contribution is 6.00. The third kappa shape index (κ3) is 4.85. The van der Waals surface area contributed by atoms with Gasteiger partial charge in [-0.1, -0.05) is 25.1 Å². The van der Waals surface area contributed by atoms with Gasteiger partial charge in [-0.15, -0.1) is 0 Å². The van der Waals surface area contributed by atoms with Crippen LogP contribution < -0.4 is 16.0 Å². The van der Waals surface area contributed by atoms with Gasteiger partial charge in [-0.25, -0.2) is 0 Å². The standard InChI is InChI=1S/C20H22N4O4/c1-2-13-5-3-4-6-16(13)23-19(25)12-21-20(26)14-7-10-17(22-15-8-9-15)18(11-14)24(27)28/h3-7,10-11,15,22H,2,8-9,12H2,1H3,(H,21,26)(H,23,25). The normalized spacial score (nSPS) is 12.9. The predicted octanol–water partition coefficient (Wildman–Crippen LogP) is 3.10. The third-order valence-corrected chi connectivity index (χ3v) is 4.48. The Morgan fingerprint density at radius 1 is 1.14 bits per heavy atom. The lowest BCUT2D eigenvalue weighted by molar-refractivity contribution is -0.384. The molecular formula is C20H22N4O4. The Morgan fingerprint density at radius 2 is 1.89 bits per heavy atom. The molecule has 8 heteroatoms. The van der Waals surface area contributed by atoms with Gasteiger partial charge in [-0.2, -0.15) is 0 Å². The molecule has 0 bridgehead atoms. The monoisotopic (exact) mass is 382 g/mol. The van der Waals surface area contributed by atoms with Crippen molar-refractivity contribution in [2.45, 2.75) is 32.2 Å². The van der Waals surface area contributed by atoms with Crippen LogP contribution in [0.4, 0.5) is 17.1 Å². The number of nitro benzene ring substituents is 1. The Hall–Kier alpha value is -3.42. The van der Waals surface area contributed by atoms with E-state index in [2.05, 4.69) is 16.0 Å². The molecule has 0 atom stereocenters. The van der Waals surface area contributed by atoms with Crippen LogP contribution in [0.5, 0.6) is 0 Å². The van der Waals surface area contributed by atoms with Gasteiger partial charge < -0.3 is 16.0 Å². The number of aryl methyl sites for hydroxylation is 1. The van der Waals surface area contributed by atoms with E-state index in [-0.39, 0.29) is 29.7 Å². The topological polar surface area (TPSA) is 113 Å². The molecule has 1 fully saturated rings. The van der Waals surface area contributed by atoms with Gasteiger partial charge in [0.2, 0.25) is 5.91 Å². The van der Waals surface area contributed by atoms with Crippen molar-refractivity contribution in [1.82, 2.24) is 5.32 Å². The number of para-hydroxylation sites is 1. The number of anilines is 2. The molecule has 0 aliphatic heterocycles. The molecule has 1 aliphatic carbocycles. The van der Waals surface area contributed by atoms with Crippen molar-refractivity contribution in [1.29, 1.82) is 0 Å². The number of hydrogen-bond donors (Lipinski definition) is 3. The number of amides is 2. The number of hydrogen-bond acceptors (Lipinski definition) is 5. The van der Waals surface area contributed by atoms with E-state index in [1.165, 1.54) is 18.2 Å². The summed E-state index contributed by atoms with van der Waals surface area (Å²) in [5.41, 5.74) is 2.08. The lowest BCUT2D eigenvalue weighted by Crippen LogP contribution is -2.33. The zero-order valence-electron chi connectivity index (χ0n) is 15.5. The molecule has 0 radical (unpaired) electrons. The van der Waals surface area contributed by atoms with Crippen LogP contribution in [0.25, 0.3) is 0 Å². The molecule has 146 valence electrons. The Kier molecular flexibility index (Phi) is 5.88. The van der Waals surface area contributed by atoms with E-state index in [1.54, 1.807) is 6.07 Å². The number of carbonyl (C=O) groups excluding carboxylic acids is 2. The first kappa shape index (κ1) is 19.3. The SMILES string of the molecule is CCc1ccccc1NC(=O)CNC(=O)c1ccc(NC2CC2)c([N+](=O)[O-])c1. The molecule has 2 amide bonds. The third-order valence-electron chi connectivity index (χ3n) is 4.48. The Bertz CT molecular complexity index is 909. The molecule has 2 aromatic rings. The smallest absolute Gasteiger partial charge is 0.293 e. The molecule has 1 saturated carbocycles.